The number of hydrogen-bond donors (Lipinski definition) is 1. The number of benzene rings is 1. The summed E-state index contributed by atoms with van der Waals surface area (Å²) in [6, 6.07) is 3.49. The van der Waals surface area contributed by atoms with Gasteiger partial charge < -0.3 is 15.2 Å². The van der Waals surface area contributed by atoms with Crippen LogP contribution in [0.2, 0.25) is 0 Å². The molecule has 0 aliphatic heterocycles. The van der Waals surface area contributed by atoms with Crippen LogP contribution in [-0.4, -0.2) is 20.2 Å². The smallest absolute Gasteiger partial charge is 0.307 e. The van der Waals surface area contributed by atoms with E-state index in [4.69, 9.17) is 10.5 Å². The zero-order chi connectivity index (χ0) is 12.1. The van der Waals surface area contributed by atoms with E-state index in [1.165, 1.54) is 32.4 Å². The molecule has 1 aromatic carbocycles. The van der Waals surface area contributed by atoms with Crippen molar-refractivity contribution in [2.75, 3.05) is 14.2 Å². The first-order valence-electron chi connectivity index (χ1n) is 4.74. The van der Waals surface area contributed by atoms with E-state index < -0.39 is 17.8 Å². The van der Waals surface area contributed by atoms with Crippen LogP contribution < -0.4 is 10.5 Å². The Hall–Kier alpha value is -1.62. The lowest BCUT2D eigenvalue weighted by atomic mass is 10.0. The number of methoxy groups -OCH3 is 2. The second-order valence-electron chi connectivity index (χ2n) is 3.27. The van der Waals surface area contributed by atoms with Crippen LogP contribution in [0, 0.1) is 5.82 Å². The van der Waals surface area contributed by atoms with E-state index in [9.17, 15) is 9.18 Å². The molecule has 0 fully saturated rings. The van der Waals surface area contributed by atoms with Crippen LogP contribution in [0.4, 0.5) is 4.39 Å². The fourth-order valence-corrected chi connectivity index (χ4v) is 1.31. The van der Waals surface area contributed by atoms with E-state index in [0.29, 0.717) is 5.75 Å². The van der Waals surface area contributed by atoms with Crippen molar-refractivity contribution in [3.8, 4) is 5.75 Å². The number of carbonyl (C=O) groups is 1. The van der Waals surface area contributed by atoms with Crippen LogP contribution in [0.15, 0.2) is 18.2 Å². The van der Waals surface area contributed by atoms with Crippen molar-refractivity contribution in [2.24, 2.45) is 5.73 Å². The Bertz CT molecular complexity index is 381. The number of carbonyl (C=O) groups excluding carboxylic acids is 1. The van der Waals surface area contributed by atoms with Crippen molar-refractivity contribution in [2.45, 2.75) is 12.5 Å². The normalized spacial score (nSPS) is 12.0. The Morgan fingerprint density at radius 2 is 2.19 bits per heavy atom. The molecule has 0 aliphatic carbocycles. The summed E-state index contributed by atoms with van der Waals surface area (Å²) in [6.07, 6.45) is -0.0689. The molecule has 4 nitrogen and oxygen atoms in total. The molecule has 2 N–H and O–H groups in total. The van der Waals surface area contributed by atoms with Crippen molar-refractivity contribution >= 4 is 5.97 Å². The van der Waals surface area contributed by atoms with Crippen molar-refractivity contribution in [3.63, 3.8) is 0 Å². The molecule has 0 spiro atoms. The van der Waals surface area contributed by atoms with Gasteiger partial charge in [0.2, 0.25) is 0 Å². The largest absolute Gasteiger partial charge is 0.497 e. The molecule has 0 saturated carbocycles. The van der Waals surface area contributed by atoms with E-state index in [1.807, 2.05) is 0 Å². The second-order valence-corrected chi connectivity index (χ2v) is 3.27. The Morgan fingerprint density at radius 3 is 2.75 bits per heavy atom. The first-order chi connectivity index (χ1) is 7.58. The summed E-state index contributed by atoms with van der Waals surface area (Å²) in [5, 5.41) is 0. The highest BCUT2D eigenvalue weighted by atomic mass is 19.1. The monoisotopic (exact) mass is 227 g/mol. The van der Waals surface area contributed by atoms with E-state index in [1.54, 1.807) is 0 Å². The Morgan fingerprint density at radius 1 is 1.50 bits per heavy atom. The maximum Gasteiger partial charge on any atom is 0.307 e. The SMILES string of the molecule is COC(=O)C[C@H](N)c1cc(OC)ccc1F. The highest BCUT2D eigenvalue weighted by Crippen LogP contribution is 2.23. The van der Waals surface area contributed by atoms with E-state index >= 15 is 0 Å². The Kier molecular flexibility index (Phi) is 4.25. The van der Waals surface area contributed by atoms with Crippen LogP contribution >= 0.6 is 0 Å². The van der Waals surface area contributed by atoms with Gasteiger partial charge in [0.15, 0.2) is 0 Å². The molecule has 0 radical (unpaired) electrons. The third-order valence-electron chi connectivity index (χ3n) is 2.22. The summed E-state index contributed by atoms with van der Waals surface area (Å²) in [6.45, 7) is 0. The molecule has 1 rings (SSSR count). The molecule has 0 saturated heterocycles. The predicted molar refractivity (Wildman–Crippen MR) is 56.5 cm³/mol. The molecule has 1 atom stereocenters. The van der Waals surface area contributed by atoms with E-state index in [-0.39, 0.29) is 12.0 Å². The van der Waals surface area contributed by atoms with Crippen molar-refractivity contribution in [1.82, 2.24) is 0 Å². The fourth-order valence-electron chi connectivity index (χ4n) is 1.31. The fraction of sp³-hybridized carbons (Fsp3) is 0.364. The molecule has 0 heterocycles. The van der Waals surface area contributed by atoms with Crippen LogP contribution in [0.1, 0.15) is 18.0 Å². The Labute approximate surface area is 93.2 Å². The standard InChI is InChI=1S/C11H14FNO3/c1-15-7-3-4-9(12)8(5-7)10(13)6-11(14)16-2/h3-5,10H,6,13H2,1-2H3/t10-/m0/s1. The zero-order valence-electron chi connectivity index (χ0n) is 9.20. The summed E-state index contributed by atoms with van der Waals surface area (Å²) in [7, 11) is 2.74. The number of esters is 1. The maximum atomic E-state index is 13.4. The average molecular weight is 227 g/mol. The van der Waals surface area contributed by atoms with Crippen molar-refractivity contribution in [1.29, 1.82) is 0 Å². The number of halogens is 1. The lowest BCUT2D eigenvalue weighted by Crippen LogP contribution is -2.17. The molecule has 0 unspecified atom stereocenters. The lowest BCUT2D eigenvalue weighted by molar-refractivity contribution is -0.141. The van der Waals surface area contributed by atoms with Gasteiger partial charge in [-0.3, -0.25) is 4.79 Å². The molecule has 88 valence electrons. The summed E-state index contributed by atoms with van der Waals surface area (Å²) in [4.78, 5) is 11.0. The van der Waals surface area contributed by atoms with Gasteiger partial charge >= 0.3 is 5.97 Å². The second kappa shape index (κ2) is 5.46. The molecule has 0 aliphatic rings. The zero-order valence-corrected chi connectivity index (χ0v) is 9.20. The van der Waals surface area contributed by atoms with Crippen LogP contribution in [-0.2, 0) is 9.53 Å². The minimum absolute atomic E-state index is 0.0689. The van der Waals surface area contributed by atoms with Gasteiger partial charge in [0.1, 0.15) is 11.6 Å². The molecular weight excluding hydrogens is 213 g/mol. The van der Waals surface area contributed by atoms with Crippen LogP contribution in [0.25, 0.3) is 0 Å². The topological polar surface area (TPSA) is 61.5 Å². The summed E-state index contributed by atoms with van der Waals surface area (Å²) < 4.78 is 22.8. The molecule has 1 aromatic rings. The predicted octanol–water partition coefficient (Wildman–Crippen LogP) is 1.40. The summed E-state index contributed by atoms with van der Waals surface area (Å²) >= 11 is 0. The van der Waals surface area contributed by atoms with E-state index in [2.05, 4.69) is 4.74 Å². The van der Waals surface area contributed by atoms with Crippen LogP contribution in [0.3, 0.4) is 0 Å². The van der Waals surface area contributed by atoms with Gasteiger partial charge in [-0.05, 0) is 18.2 Å². The summed E-state index contributed by atoms with van der Waals surface area (Å²) in [5.74, 6) is -0.441. The van der Waals surface area contributed by atoms with Crippen molar-refractivity contribution in [3.05, 3.63) is 29.6 Å². The van der Waals surface area contributed by atoms with Gasteiger partial charge in [-0.25, -0.2) is 4.39 Å². The van der Waals surface area contributed by atoms with E-state index in [0.717, 1.165) is 0 Å². The molecule has 0 amide bonds. The minimum Gasteiger partial charge on any atom is -0.497 e. The van der Waals surface area contributed by atoms with Gasteiger partial charge in [0.05, 0.1) is 20.6 Å². The average Bonchev–Trinajstić information content (AvgIpc) is 2.29. The van der Waals surface area contributed by atoms with Crippen molar-refractivity contribution < 1.29 is 18.7 Å². The number of ether oxygens (including phenoxy) is 2. The molecule has 5 heteroatoms. The molecule has 0 bridgehead atoms. The first kappa shape index (κ1) is 12.4. The molecule has 16 heavy (non-hydrogen) atoms. The van der Waals surface area contributed by atoms with Gasteiger partial charge in [-0.1, -0.05) is 0 Å². The third-order valence-corrected chi connectivity index (χ3v) is 2.22. The van der Waals surface area contributed by atoms with Crippen LogP contribution in [0.5, 0.6) is 5.75 Å². The highest BCUT2D eigenvalue weighted by molar-refractivity contribution is 5.70. The lowest BCUT2D eigenvalue weighted by Gasteiger charge is -2.12. The Balaban J connectivity index is 2.88. The minimum atomic E-state index is -0.734. The molecular formula is C11H14FNO3. The third kappa shape index (κ3) is 2.93. The number of nitrogens with two attached hydrogens (primary N) is 1. The quantitative estimate of drug-likeness (QED) is 0.790. The van der Waals surface area contributed by atoms with Gasteiger partial charge in [0, 0.05) is 11.6 Å². The molecule has 0 aromatic heterocycles. The van der Waals surface area contributed by atoms with Gasteiger partial charge in [-0.2, -0.15) is 0 Å². The van der Waals surface area contributed by atoms with Gasteiger partial charge in [-0.15, -0.1) is 0 Å². The maximum absolute atomic E-state index is 13.4. The summed E-state index contributed by atoms with van der Waals surface area (Å²) in [5.41, 5.74) is 5.94. The van der Waals surface area contributed by atoms with Gasteiger partial charge in [0.25, 0.3) is 0 Å². The number of hydrogen-bond acceptors (Lipinski definition) is 4. The highest BCUT2D eigenvalue weighted by Gasteiger charge is 2.16. The first-order valence-corrected chi connectivity index (χ1v) is 4.74. The number of rotatable bonds is 4.